The smallest absolute Gasteiger partial charge is 0.345 e. The van der Waals surface area contributed by atoms with E-state index in [1.54, 1.807) is 36.0 Å². The molecule has 0 unspecified atom stereocenters. The van der Waals surface area contributed by atoms with Gasteiger partial charge in [-0.1, -0.05) is 86.3 Å². The molecule has 3 aromatic carbocycles. The number of rotatable bonds is 5. The lowest BCUT2D eigenvalue weighted by Crippen LogP contribution is -2.25. The number of benzene rings is 3. The number of ether oxygens (including phenoxy) is 1. The van der Waals surface area contributed by atoms with Crippen molar-refractivity contribution in [2.24, 2.45) is 0 Å². The zero-order chi connectivity index (χ0) is 21.8. The summed E-state index contributed by atoms with van der Waals surface area (Å²) in [5.41, 5.74) is 3.46. The molecule has 156 valence electrons. The van der Waals surface area contributed by atoms with Crippen molar-refractivity contribution in [3.63, 3.8) is 0 Å². The lowest BCUT2D eigenvalue weighted by Gasteiger charge is -2.34. The number of carbonyl (C=O) groups is 2. The van der Waals surface area contributed by atoms with Crippen molar-refractivity contribution in [3.8, 4) is 0 Å². The van der Waals surface area contributed by atoms with Crippen LogP contribution in [-0.2, 0) is 21.4 Å². The van der Waals surface area contributed by atoms with E-state index in [2.05, 4.69) is 38.1 Å². The average molecular weight is 429 g/mol. The SMILES string of the molecule is CC1(C)CC=C(Sc2ccccc2)c2cccc(CC(=O)OC(=O)c3ccccc3)c21. The predicted molar refractivity (Wildman–Crippen MR) is 125 cm³/mol. The zero-order valence-corrected chi connectivity index (χ0v) is 18.4. The molecule has 0 fully saturated rings. The van der Waals surface area contributed by atoms with Crippen molar-refractivity contribution in [2.45, 2.75) is 37.0 Å². The van der Waals surface area contributed by atoms with Crippen LogP contribution in [0.2, 0.25) is 0 Å². The first-order chi connectivity index (χ1) is 14.9. The van der Waals surface area contributed by atoms with Crippen molar-refractivity contribution in [2.75, 3.05) is 0 Å². The monoisotopic (exact) mass is 428 g/mol. The summed E-state index contributed by atoms with van der Waals surface area (Å²) < 4.78 is 5.12. The zero-order valence-electron chi connectivity index (χ0n) is 17.6. The molecule has 0 atom stereocenters. The third kappa shape index (κ3) is 4.80. The average Bonchev–Trinajstić information content (AvgIpc) is 2.77. The van der Waals surface area contributed by atoms with Crippen molar-refractivity contribution >= 4 is 28.6 Å². The van der Waals surface area contributed by atoms with Crippen LogP contribution in [0.3, 0.4) is 0 Å². The topological polar surface area (TPSA) is 43.4 Å². The van der Waals surface area contributed by atoms with Gasteiger partial charge in [0, 0.05) is 9.80 Å². The van der Waals surface area contributed by atoms with E-state index in [-0.39, 0.29) is 11.8 Å². The minimum Gasteiger partial charge on any atom is -0.389 e. The lowest BCUT2D eigenvalue weighted by molar-refractivity contribution is -0.137. The summed E-state index contributed by atoms with van der Waals surface area (Å²) in [6, 6.07) is 24.9. The van der Waals surface area contributed by atoms with Crippen molar-refractivity contribution in [3.05, 3.63) is 107 Å². The molecule has 0 saturated carbocycles. The predicted octanol–water partition coefficient (Wildman–Crippen LogP) is 6.43. The van der Waals surface area contributed by atoms with Crippen LogP contribution in [0.1, 0.15) is 47.3 Å². The summed E-state index contributed by atoms with van der Waals surface area (Å²) in [5, 5.41) is 0. The van der Waals surface area contributed by atoms with Gasteiger partial charge < -0.3 is 4.74 Å². The molecule has 4 rings (SSSR count). The maximum atomic E-state index is 12.6. The van der Waals surface area contributed by atoms with E-state index in [0.29, 0.717) is 5.56 Å². The highest BCUT2D eigenvalue weighted by molar-refractivity contribution is 8.08. The summed E-state index contributed by atoms with van der Waals surface area (Å²) in [6.07, 6.45) is 3.22. The number of thioether (sulfide) groups is 1. The number of allylic oxidation sites excluding steroid dienone is 1. The molecule has 0 bridgehead atoms. The van der Waals surface area contributed by atoms with Crippen LogP contribution in [-0.4, -0.2) is 11.9 Å². The minimum atomic E-state index is -0.616. The van der Waals surface area contributed by atoms with E-state index < -0.39 is 11.9 Å². The molecule has 1 aliphatic carbocycles. The van der Waals surface area contributed by atoms with Gasteiger partial charge in [0.2, 0.25) is 0 Å². The molecule has 0 spiro atoms. The van der Waals surface area contributed by atoms with Crippen molar-refractivity contribution < 1.29 is 14.3 Å². The highest BCUT2D eigenvalue weighted by Gasteiger charge is 2.31. The highest BCUT2D eigenvalue weighted by Crippen LogP contribution is 2.46. The Hall–Kier alpha value is -3.11. The largest absolute Gasteiger partial charge is 0.389 e. The maximum absolute atomic E-state index is 12.6. The fraction of sp³-hybridized carbons (Fsp3) is 0.185. The summed E-state index contributed by atoms with van der Waals surface area (Å²) in [7, 11) is 0. The molecule has 0 radical (unpaired) electrons. The van der Waals surface area contributed by atoms with Crippen LogP contribution >= 0.6 is 11.8 Å². The first kappa shape index (κ1) is 21.1. The Labute approximate surface area is 187 Å². The second kappa shape index (κ2) is 8.94. The first-order valence-electron chi connectivity index (χ1n) is 10.3. The molecule has 1 aliphatic rings. The van der Waals surface area contributed by atoms with Gasteiger partial charge in [0.25, 0.3) is 0 Å². The van der Waals surface area contributed by atoms with Gasteiger partial charge in [-0.15, -0.1) is 0 Å². The number of hydrogen-bond donors (Lipinski definition) is 0. The van der Waals surface area contributed by atoms with Gasteiger partial charge in [-0.05, 0) is 52.8 Å². The molecule has 0 aliphatic heterocycles. The Kier molecular flexibility index (Phi) is 6.10. The maximum Gasteiger partial charge on any atom is 0.345 e. The molecular formula is C27H24O3S. The Balaban J connectivity index is 1.59. The van der Waals surface area contributed by atoms with Crippen LogP contribution in [0.5, 0.6) is 0 Å². The quantitative estimate of drug-likeness (QED) is 0.347. The summed E-state index contributed by atoms with van der Waals surface area (Å²) in [5.74, 6) is -1.15. The summed E-state index contributed by atoms with van der Waals surface area (Å²) >= 11 is 1.73. The fourth-order valence-electron chi connectivity index (χ4n) is 3.95. The van der Waals surface area contributed by atoms with Gasteiger partial charge in [0.1, 0.15) is 0 Å². The Morgan fingerprint density at radius 3 is 2.29 bits per heavy atom. The lowest BCUT2D eigenvalue weighted by atomic mass is 9.73. The van der Waals surface area contributed by atoms with E-state index in [1.807, 2.05) is 36.4 Å². The highest BCUT2D eigenvalue weighted by atomic mass is 32.2. The first-order valence-corrected chi connectivity index (χ1v) is 11.1. The van der Waals surface area contributed by atoms with E-state index in [1.165, 1.54) is 9.80 Å². The number of fused-ring (bicyclic) bond motifs is 1. The third-order valence-electron chi connectivity index (χ3n) is 5.41. The number of carbonyl (C=O) groups excluding carboxylic acids is 2. The van der Waals surface area contributed by atoms with Crippen molar-refractivity contribution in [1.82, 2.24) is 0 Å². The molecular weight excluding hydrogens is 404 g/mol. The molecule has 0 amide bonds. The molecule has 3 aromatic rings. The number of hydrogen-bond acceptors (Lipinski definition) is 4. The summed E-state index contributed by atoms with van der Waals surface area (Å²) in [6.45, 7) is 4.38. The van der Waals surface area contributed by atoms with E-state index in [9.17, 15) is 9.59 Å². The number of esters is 2. The third-order valence-corrected chi connectivity index (χ3v) is 6.53. The Morgan fingerprint density at radius 1 is 0.903 bits per heavy atom. The van der Waals surface area contributed by atoms with E-state index in [0.717, 1.165) is 23.1 Å². The second-order valence-electron chi connectivity index (χ2n) is 8.22. The van der Waals surface area contributed by atoms with Crippen LogP contribution in [0.4, 0.5) is 0 Å². The molecule has 4 heteroatoms. The standard InChI is InChI=1S/C27H24O3S/c1-27(2)17-16-23(31-21-13-7-4-8-14-21)22-15-9-12-20(25(22)27)18-24(28)30-26(29)19-10-5-3-6-11-19/h3-16H,17-18H2,1-2H3. The van der Waals surface area contributed by atoms with E-state index in [4.69, 9.17) is 4.74 Å². The molecule has 0 heterocycles. The second-order valence-corrected chi connectivity index (χ2v) is 9.33. The van der Waals surface area contributed by atoms with Gasteiger partial charge in [0.05, 0.1) is 12.0 Å². The summed E-state index contributed by atoms with van der Waals surface area (Å²) in [4.78, 5) is 27.2. The van der Waals surface area contributed by atoms with Gasteiger partial charge in [-0.3, -0.25) is 4.79 Å². The molecule has 3 nitrogen and oxygen atoms in total. The van der Waals surface area contributed by atoms with Crippen molar-refractivity contribution in [1.29, 1.82) is 0 Å². The normalized spacial score (nSPS) is 14.3. The molecule has 0 saturated heterocycles. The Morgan fingerprint density at radius 2 is 1.58 bits per heavy atom. The van der Waals surface area contributed by atoms with Gasteiger partial charge in [-0.2, -0.15) is 0 Å². The van der Waals surface area contributed by atoms with Crippen LogP contribution in [0.25, 0.3) is 4.91 Å². The van der Waals surface area contributed by atoms with Gasteiger partial charge in [-0.25, -0.2) is 4.79 Å². The molecule has 0 aromatic heterocycles. The molecule has 0 N–H and O–H groups in total. The minimum absolute atomic E-state index is 0.0639. The Bertz CT molecular complexity index is 1130. The fourth-order valence-corrected chi connectivity index (χ4v) is 4.95. The van der Waals surface area contributed by atoms with Gasteiger partial charge >= 0.3 is 11.9 Å². The van der Waals surface area contributed by atoms with Crippen LogP contribution in [0, 0.1) is 0 Å². The molecule has 31 heavy (non-hydrogen) atoms. The van der Waals surface area contributed by atoms with Crippen LogP contribution in [0.15, 0.2) is 89.8 Å². The van der Waals surface area contributed by atoms with Gasteiger partial charge in [0.15, 0.2) is 0 Å². The van der Waals surface area contributed by atoms with Crippen LogP contribution < -0.4 is 0 Å². The van der Waals surface area contributed by atoms with E-state index >= 15 is 0 Å².